The fourth-order valence-electron chi connectivity index (χ4n) is 2.47. The maximum Gasteiger partial charge on any atom is 0.216 e. The van der Waals surface area contributed by atoms with E-state index in [9.17, 15) is 0 Å². The highest BCUT2D eigenvalue weighted by molar-refractivity contribution is 6.31. The number of hydrogen-bond donors (Lipinski definition) is 0. The van der Waals surface area contributed by atoms with Gasteiger partial charge in [0.25, 0.3) is 0 Å². The second-order valence-corrected chi connectivity index (χ2v) is 5.91. The van der Waals surface area contributed by atoms with Crippen LogP contribution in [0.5, 0.6) is 5.88 Å². The van der Waals surface area contributed by atoms with Crippen LogP contribution >= 0.6 is 11.6 Å². The maximum absolute atomic E-state index is 6.17. The molecule has 0 unspecified atom stereocenters. The van der Waals surface area contributed by atoms with Crippen molar-refractivity contribution < 1.29 is 4.74 Å². The third kappa shape index (κ3) is 2.77. The zero-order chi connectivity index (χ0) is 15.8. The number of nitrogens with zero attached hydrogens (tertiary/aromatic N) is 5. The lowest BCUT2D eigenvalue weighted by atomic mass is 10.1. The van der Waals surface area contributed by atoms with E-state index in [0.717, 1.165) is 22.6 Å². The Labute approximate surface area is 138 Å². The van der Waals surface area contributed by atoms with E-state index >= 15 is 0 Å². The summed E-state index contributed by atoms with van der Waals surface area (Å²) in [6.07, 6.45) is 5.82. The summed E-state index contributed by atoms with van der Waals surface area (Å²) in [5.74, 6) is 1.05. The molecule has 1 aromatic carbocycles. The van der Waals surface area contributed by atoms with E-state index in [1.54, 1.807) is 17.9 Å². The second-order valence-electron chi connectivity index (χ2n) is 5.47. The highest BCUT2D eigenvalue weighted by Crippen LogP contribution is 2.39. The van der Waals surface area contributed by atoms with E-state index in [1.165, 1.54) is 19.2 Å². The normalized spacial score (nSPS) is 14.0. The fourth-order valence-corrected chi connectivity index (χ4v) is 2.64. The summed E-state index contributed by atoms with van der Waals surface area (Å²) < 4.78 is 6.95. The van der Waals surface area contributed by atoms with Crippen molar-refractivity contribution in [2.75, 3.05) is 7.11 Å². The summed E-state index contributed by atoms with van der Waals surface area (Å²) in [4.78, 5) is 8.37. The number of benzene rings is 1. The molecule has 6 nitrogen and oxygen atoms in total. The van der Waals surface area contributed by atoms with Crippen LogP contribution in [0.3, 0.4) is 0 Å². The molecular formula is C16H14ClN5O. The molecule has 0 bridgehead atoms. The summed E-state index contributed by atoms with van der Waals surface area (Å²) in [5, 5.41) is 9.15. The molecule has 0 aliphatic heterocycles. The Balaban J connectivity index is 1.82. The van der Waals surface area contributed by atoms with Gasteiger partial charge in [0.15, 0.2) is 0 Å². The molecule has 0 atom stereocenters. The van der Waals surface area contributed by atoms with Crippen LogP contribution in [0.4, 0.5) is 0 Å². The number of halogens is 1. The maximum atomic E-state index is 6.17. The molecule has 1 saturated carbocycles. The first-order valence-corrected chi connectivity index (χ1v) is 7.71. The van der Waals surface area contributed by atoms with Gasteiger partial charge in [-0.1, -0.05) is 16.8 Å². The van der Waals surface area contributed by atoms with Gasteiger partial charge >= 0.3 is 0 Å². The zero-order valence-electron chi connectivity index (χ0n) is 12.5. The summed E-state index contributed by atoms with van der Waals surface area (Å²) in [5.41, 5.74) is 3.48. The van der Waals surface area contributed by atoms with Gasteiger partial charge in [-0.3, -0.25) is 0 Å². The topological polar surface area (TPSA) is 65.7 Å². The molecule has 3 aromatic rings. The van der Waals surface area contributed by atoms with Crippen molar-refractivity contribution in [3.8, 4) is 22.8 Å². The summed E-state index contributed by atoms with van der Waals surface area (Å²) in [6.45, 7) is 0. The monoisotopic (exact) mass is 327 g/mol. The third-order valence-corrected chi connectivity index (χ3v) is 4.07. The van der Waals surface area contributed by atoms with Crippen LogP contribution in [-0.2, 0) is 0 Å². The standard InChI is InChI=1S/C16H14ClN5O/c1-23-16-7-13(18-9-19-16)12-6-11(17)4-5-15(12)22-8-14(20-21-22)10-2-3-10/h4-10H,2-3H2,1H3. The largest absolute Gasteiger partial charge is 0.481 e. The third-order valence-electron chi connectivity index (χ3n) is 3.84. The highest BCUT2D eigenvalue weighted by Gasteiger charge is 2.27. The van der Waals surface area contributed by atoms with Gasteiger partial charge in [-0.05, 0) is 31.0 Å². The molecule has 1 fully saturated rings. The van der Waals surface area contributed by atoms with Crippen molar-refractivity contribution in [3.63, 3.8) is 0 Å². The summed E-state index contributed by atoms with van der Waals surface area (Å²) in [7, 11) is 1.57. The first-order valence-electron chi connectivity index (χ1n) is 7.33. The Hall–Kier alpha value is -2.47. The molecule has 0 amide bonds. The van der Waals surface area contributed by atoms with E-state index in [4.69, 9.17) is 16.3 Å². The minimum absolute atomic E-state index is 0.498. The van der Waals surface area contributed by atoms with Crippen LogP contribution < -0.4 is 4.74 Å². The van der Waals surface area contributed by atoms with Crippen molar-refractivity contribution in [1.82, 2.24) is 25.0 Å². The predicted octanol–water partition coefficient (Wildman–Crippen LogP) is 3.26. The lowest BCUT2D eigenvalue weighted by Crippen LogP contribution is -2.00. The smallest absolute Gasteiger partial charge is 0.216 e. The average molecular weight is 328 g/mol. The van der Waals surface area contributed by atoms with E-state index in [-0.39, 0.29) is 0 Å². The van der Waals surface area contributed by atoms with Gasteiger partial charge in [0.1, 0.15) is 6.33 Å². The van der Waals surface area contributed by atoms with Crippen LogP contribution in [-0.4, -0.2) is 32.1 Å². The minimum atomic E-state index is 0.498. The fraction of sp³-hybridized carbons (Fsp3) is 0.250. The Morgan fingerprint density at radius 2 is 2.09 bits per heavy atom. The molecule has 0 radical (unpaired) electrons. The molecule has 2 aromatic heterocycles. The Kier molecular flexibility index (Phi) is 3.46. The number of hydrogen-bond acceptors (Lipinski definition) is 5. The average Bonchev–Trinajstić information content (AvgIpc) is 3.32. The molecule has 23 heavy (non-hydrogen) atoms. The van der Waals surface area contributed by atoms with Crippen LogP contribution in [0.15, 0.2) is 36.8 Å². The molecule has 0 saturated heterocycles. The van der Waals surface area contributed by atoms with E-state index < -0.39 is 0 Å². The number of methoxy groups -OCH3 is 1. The first kappa shape index (κ1) is 14.1. The Morgan fingerprint density at radius 1 is 1.22 bits per heavy atom. The summed E-state index contributed by atoms with van der Waals surface area (Å²) in [6, 6.07) is 7.37. The molecule has 1 aliphatic carbocycles. The molecule has 7 heteroatoms. The summed E-state index contributed by atoms with van der Waals surface area (Å²) >= 11 is 6.17. The number of rotatable bonds is 4. The first-order chi connectivity index (χ1) is 11.2. The van der Waals surface area contributed by atoms with Crippen molar-refractivity contribution in [3.05, 3.63) is 47.5 Å². The molecule has 0 N–H and O–H groups in total. The van der Waals surface area contributed by atoms with Gasteiger partial charge < -0.3 is 4.74 Å². The van der Waals surface area contributed by atoms with E-state index in [1.807, 2.05) is 24.4 Å². The van der Waals surface area contributed by atoms with E-state index in [0.29, 0.717) is 16.8 Å². The molecule has 116 valence electrons. The van der Waals surface area contributed by atoms with E-state index in [2.05, 4.69) is 20.3 Å². The highest BCUT2D eigenvalue weighted by atomic mass is 35.5. The van der Waals surface area contributed by atoms with Gasteiger partial charge in [0.05, 0.1) is 30.4 Å². The Morgan fingerprint density at radius 3 is 2.87 bits per heavy atom. The van der Waals surface area contributed by atoms with Gasteiger partial charge in [-0.25, -0.2) is 14.6 Å². The second kappa shape index (κ2) is 5.62. The SMILES string of the molecule is COc1cc(-c2cc(Cl)ccc2-n2cc(C3CC3)nn2)ncn1. The number of aromatic nitrogens is 5. The van der Waals surface area contributed by atoms with Crippen molar-refractivity contribution in [1.29, 1.82) is 0 Å². The van der Waals surface area contributed by atoms with Crippen molar-refractivity contribution >= 4 is 11.6 Å². The minimum Gasteiger partial charge on any atom is -0.481 e. The lowest BCUT2D eigenvalue weighted by Gasteiger charge is -2.09. The molecule has 2 heterocycles. The van der Waals surface area contributed by atoms with Gasteiger partial charge in [0.2, 0.25) is 5.88 Å². The van der Waals surface area contributed by atoms with Crippen LogP contribution in [0.25, 0.3) is 16.9 Å². The number of ether oxygens (including phenoxy) is 1. The van der Waals surface area contributed by atoms with Crippen LogP contribution in [0, 0.1) is 0 Å². The van der Waals surface area contributed by atoms with Gasteiger partial charge in [-0.15, -0.1) is 5.10 Å². The van der Waals surface area contributed by atoms with Crippen molar-refractivity contribution in [2.45, 2.75) is 18.8 Å². The quantitative estimate of drug-likeness (QED) is 0.735. The molecule has 4 rings (SSSR count). The molecule has 1 aliphatic rings. The Bertz CT molecular complexity index is 859. The van der Waals surface area contributed by atoms with Crippen LogP contribution in [0.1, 0.15) is 24.5 Å². The predicted molar refractivity (Wildman–Crippen MR) is 85.9 cm³/mol. The zero-order valence-corrected chi connectivity index (χ0v) is 13.2. The van der Waals surface area contributed by atoms with Gasteiger partial charge in [-0.2, -0.15) is 0 Å². The molecular weight excluding hydrogens is 314 g/mol. The van der Waals surface area contributed by atoms with Gasteiger partial charge in [0, 0.05) is 22.6 Å². The van der Waals surface area contributed by atoms with Crippen molar-refractivity contribution in [2.24, 2.45) is 0 Å². The molecule has 0 spiro atoms. The van der Waals surface area contributed by atoms with Crippen LogP contribution in [0.2, 0.25) is 5.02 Å². The lowest BCUT2D eigenvalue weighted by molar-refractivity contribution is 0.397.